The van der Waals surface area contributed by atoms with Gasteiger partial charge in [-0.25, -0.2) is 4.98 Å². The molecule has 0 saturated carbocycles. The third kappa shape index (κ3) is 4.34. The molecular weight excluding hydrogens is 388 g/mol. The molecule has 1 N–H and O–H groups in total. The van der Waals surface area contributed by atoms with Gasteiger partial charge in [0, 0.05) is 23.7 Å². The lowest BCUT2D eigenvalue weighted by atomic mass is 9.96. The molecule has 0 saturated heterocycles. The highest BCUT2D eigenvalue weighted by atomic mass is 16.5. The van der Waals surface area contributed by atoms with Gasteiger partial charge in [-0.15, -0.1) is 0 Å². The van der Waals surface area contributed by atoms with E-state index in [1.54, 1.807) is 13.3 Å². The second kappa shape index (κ2) is 9.10. The van der Waals surface area contributed by atoms with Gasteiger partial charge in [-0.1, -0.05) is 30.3 Å². The summed E-state index contributed by atoms with van der Waals surface area (Å²) >= 11 is 0. The Morgan fingerprint density at radius 3 is 2.71 bits per heavy atom. The van der Waals surface area contributed by atoms with Crippen molar-refractivity contribution in [2.24, 2.45) is 0 Å². The van der Waals surface area contributed by atoms with Crippen molar-refractivity contribution in [1.29, 1.82) is 0 Å². The molecule has 0 amide bonds. The molecular formula is C25H26N4O2. The first-order valence-corrected chi connectivity index (χ1v) is 10.3. The smallest absolute Gasteiger partial charge is 0.182 e. The van der Waals surface area contributed by atoms with E-state index in [1.807, 2.05) is 68.7 Å². The van der Waals surface area contributed by atoms with E-state index < -0.39 is 0 Å². The van der Waals surface area contributed by atoms with E-state index in [9.17, 15) is 4.79 Å². The number of ketones is 1. The van der Waals surface area contributed by atoms with E-state index in [-0.39, 0.29) is 5.78 Å². The minimum atomic E-state index is 0.158. The van der Waals surface area contributed by atoms with Gasteiger partial charge in [0.1, 0.15) is 5.75 Å². The van der Waals surface area contributed by atoms with Crippen LogP contribution in [0.2, 0.25) is 0 Å². The lowest BCUT2D eigenvalue weighted by molar-refractivity contribution is 0.0977. The number of methoxy groups -OCH3 is 1. The zero-order valence-corrected chi connectivity index (χ0v) is 18.1. The summed E-state index contributed by atoms with van der Waals surface area (Å²) in [5.41, 5.74) is 5.05. The topological polar surface area (TPSA) is 71.1 Å². The Morgan fingerprint density at radius 1 is 1.06 bits per heavy atom. The fourth-order valence-electron chi connectivity index (χ4n) is 3.79. The third-order valence-corrected chi connectivity index (χ3v) is 5.34. The van der Waals surface area contributed by atoms with Crippen molar-refractivity contribution >= 4 is 16.8 Å². The van der Waals surface area contributed by atoms with Crippen LogP contribution in [0, 0.1) is 0 Å². The summed E-state index contributed by atoms with van der Waals surface area (Å²) in [6, 6.07) is 17.6. The summed E-state index contributed by atoms with van der Waals surface area (Å²) in [7, 11) is 5.69. The molecule has 6 heteroatoms. The molecule has 0 unspecified atom stereocenters. The van der Waals surface area contributed by atoms with Crippen molar-refractivity contribution in [3.8, 4) is 28.1 Å². The molecule has 0 bridgehead atoms. The van der Waals surface area contributed by atoms with Gasteiger partial charge in [-0.2, -0.15) is 5.10 Å². The number of fused-ring (bicyclic) bond motifs is 1. The number of Topliss-reactive ketones (excluding diaryl/α,β-unsaturated/α-hetero) is 1. The van der Waals surface area contributed by atoms with Crippen LogP contribution < -0.4 is 4.74 Å². The van der Waals surface area contributed by atoms with Crippen LogP contribution in [0.5, 0.6) is 5.75 Å². The SMILES string of the molecule is COc1ccccc1-c1[nH]nc2nccc(-c3cccc(C(=O)CCCN(C)C)c3)c12. The molecule has 4 aromatic rings. The first kappa shape index (κ1) is 20.8. The summed E-state index contributed by atoms with van der Waals surface area (Å²) in [6.45, 7) is 0.897. The van der Waals surface area contributed by atoms with Gasteiger partial charge < -0.3 is 9.64 Å². The molecule has 31 heavy (non-hydrogen) atoms. The lowest BCUT2D eigenvalue weighted by Crippen LogP contribution is -2.14. The lowest BCUT2D eigenvalue weighted by Gasteiger charge is -2.10. The predicted octanol–water partition coefficient (Wildman–Crippen LogP) is 4.83. The molecule has 2 aromatic heterocycles. The molecule has 0 fully saturated rings. The van der Waals surface area contributed by atoms with Crippen LogP contribution in [0.1, 0.15) is 23.2 Å². The molecule has 0 aliphatic carbocycles. The highest BCUT2D eigenvalue weighted by Gasteiger charge is 2.17. The van der Waals surface area contributed by atoms with Gasteiger partial charge in [-0.05, 0) is 62.5 Å². The van der Waals surface area contributed by atoms with E-state index in [2.05, 4.69) is 20.1 Å². The van der Waals surface area contributed by atoms with E-state index in [4.69, 9.17) is 4.74 Å². The number of para-hydroxylation sites is 1. The molecule has 0 spiro atoms. The summed E-state index contributed by atoms with van der Waals surface area (Å²) in [5, 5.41) is 8.44. The number of H-pyrrole nitrogens is 1. The maximum absolute atomic E-state index is 12.7. The van der Waals surface area contributed by atoms with E-state index in [1.165, 1.54) is 0 Å². The maximum atomic E-state index is 12.7. The van der Waals surface area contributed by atoms with Gasteiger partial charge in [0.15, 0.2) is 11.4 Å². The Hall–Kier alpha value is -3.51. The van der Waals surface area contributed by atoms with Crippen molar-refractivity contribution in [2.75, 3.05) is 27.7 Å². The summed E-state index contributed by atoms with van der Waals surface area (Å²) in [5.74, 6) is 0.916. The summed E-state index contributed by atoms with van der Waals surface area (Å²) < 4.78 is 5.55. The number of aromatic nitrogens is 3. The molecule has 0 aliphatic rings. The average molecular weight is 415 g/mol. The van der Waals surface area contributed by atoms with Crippen LogP contribution in [-0.2, 0) is 0 Å². The van der Waals surface area contributed by atoms with Crippen LogP contribution in [0.25, 0.3) is 33.4 Å². The molecule has 158 valence electrons. The number of hydrogen-bond acceptors (Lipinski definition) is 5. The molecule has 4 rings (SSSR count). The Morgan fingerprint density at radius 2 is 1.90 bits per heavy atom. The van der Waals surface area contributed by atoms with Crippen molar-refractivity contribution in [3.05, 3.63) is 66.4 Å². The minimum Gasteiger partial charge on any atom is -0.496 e. The number of pyridine rings is 1. The van der Waals surface area contributed by atoms with Crippen molar-refractivity contribution in [3.63, 3.8) is 0 Å². The number of nitrogens with one attached hydrogen (secondary N) is 1. The van der Waals surface area contributed by atoms with Gasteiger partial charge in [0.25, 0.3) is 0 Å². The molecule has 2 aromatic carbocycles. The fraction of sp³-hybridized carbons (Fsp3) is 0.240. The first-order chi connectivity index (χ1) is 15.1. The van der Waals surface area contributed by atoms with Gasteiger partial charge in [-0.3, -0.25) is 9.89 Å². The van der Waals surface area contributed by atoms with Gasteiger partial charge in [0.2, 0.25) is 0 Å². The van der Waals surface area contributed by atoms with Gasteiger partial charge >= 0.3 is 0 Å². The molecule has 0 atom stereocenters. The zero-order chi connectivity index (χ0) is 21.8. The Kier molecular flexibility index (Phi) is 6.09. The molecule has 6 nitrogen and oxygen atoms in total. The molecule has 0 radical (unpaired) electrons. The second-order valence-electron chi connectivity index (χ2n) is 7.77. The zero-order valence-electron chi connectivity index (χ0n) is 18.1. The van der Waals surface area contributed by atoms with Crippen molar-refractivity contribution < 1.29 is 9.53 Å². The van der Waals surface area contributed by atoms with Crippen molar-refractivity contribution in [2.45, 2.75) is 12.8 Å². The number of ether oxygens (including phenoxy) is 1. The number of rotatable bonds is 8. The van der Waals surface area contributed by atoms with Crippen LogP contribution in [0.15, 0.2) is 60.8 Å². The van der Waals surface area contributed by atoms with E-state index >= 15 is 0 Å². The minimum absolute atomic E-state index is 0.158. The molecule has 0 aliphatic heterocycles. The third-order valence-electron chi connectivity index (χ3n) is 5.34. The van der Waals surface area contributed by atoms with Crippen LogP contribution in [-0.4, -0.2) is 53.6 Å². The number of carbonyl (C=O) groups excluding carboxylic acids is 1. The quantitative estimate of drug-likeness (QED) is 0.418. The normalized spacial score (nSPS) is 11.2. The Labute approximate surface area is 181 Å². The second-order valence-corrected chi connectivity index (χ2v) is 7.77. The number of carbonyl (C=O) groups is 1. The first-order valence-electron chi connectivity index (χ1n) is 10.3. The van der Waals surface area contributed by atoms with E-state index in [0.29, 0.717) is 12.1 Å². The van der Waals surface area contributed by atoms with Crippen LogP contribution in [0.4, 0.5) is 0 Å². The predicted molar refractivity (Wildman–Crippen MR) is 123 cm³/mol. The fourth-order valence-corrected chi connectivity index (χ4v) is 3.79. The largest absolute Gasteiger partial charge is 0.496 e. The standard InChI is InChI=1S/C25H26N4O2/c1-29(2)15-7-11-21(30)18-9-6-8-17(16-18)19-13-14-26-25-23(19)24(27-28-25)20-10-4-5-12-22(20)31-3/h4-6,8-10,12-14,16H,7,11,15H2,1-3H3,(H,26,27,28). The molecule has 2 heterocycles. The maximum Gasteiger partial charge on any atom is 0.182 e. The number of aromatic amines is 1. The summed E-state index contributed by atoms with van der Waals surface area (Å²) in [4.78, 5) is 19.3. The number of benzene rings is 2. The van der Waals surface area contributed by atoms with Crippen LogP contribution in [0.3, 0.4) is 0 Å². The summed E-state index contributed by atoms with van der Waals surface area (Å²) in [6.07, 6.45) is 3.12. The highest BCUT2D eigenvalue weighted by molar-refractivity contribution is 6.04. The average Bonchev–Trinajstić information content (AvgIpc) is 3.23. The number of hydrogen-bond donors (Lipinski definition) is 1. The van der Waals surface area contributed by atoms with Crippen LogP contribution >= 0.6 is 0 Å². The Balaban J connectivity index is 1.76. The Bertz CT molecular complexity index is 1210. The van der Waals surface area contributed by atoms with E-state index in [0.717, 1.165) is 52.0 Å². The number of nitrogens with zero attached hydrogens (tertiary/aromatic N) is 3. The highest BCUT2D eigenvalue weighted by Crippen LogP contribution is 2.37. The van der Waals surface area contributed by atoms with Crippen molar-refractivity contribution in [1.82, 2.24) is 20.1 Å². The van der Waals surface area contributed by atoms with Gasteiger partial charge in [0.05, 0.1) is 18.2 Å². The monoisotopic (exact) mass is 414 g/mol.